The van der Waals surface area contributed by atoms with Crippen LogP contribution in [0.3, 0.4) is 0 Å². The van der Waals surface area contributed by atoms with Gasteiger partial charge in [-0.2, -0.15) is 0 Å². The molecular weight excluding hydrogens is 492 g/mol. The van der Waals surface area contributed by atoms with Crippen LogP contribution in [0.2, 0.25) is 0 Å². The van der Waals surface area contributed by atoms with Crippen LogP contribution in [0.1, 0.15) is 29.1 Å². The van der Waals surface area contributed by atoms with Gasteiger partial charge in [-0.1, -0.05) is 46.3 Å². The largest absolute Gasteiger partial charge is 0.336 e. The van der Waals surface area contributed by atoms with Crippen molar-refractivity contribution in [2.24, 2.45) is 0 Å². The van der Waals surface area contributed by atoms with Crippen LogP contribution in [0.4, 0.5) is 0 Å². The van der Waals surface area contributed by atoms with E-state index in [0.29, 0.717) is 48.5 Å². The Bertz CT molecular complexity index is 1380. The van der Waals surface area contributed by atoms with Gasteiger partial charge in [0.15, 0.2) is 0 Å². The first kappa shape index (κ1) is 22.5. The van der Waals surface area contributed by atoms with Crippen LogP contribution in [-0.4, -0.2) is 51.4 Å². The third-order valence-electron chi connectivity index (χ3n) is 6.43. The highest BCUT2D eigenvalue weighted by Gasteiger charge is 2.28. The van der Waals surface area contributed by atoms with E-state index in [9.17, 15) is 9.59 Å². The Morgan fingerprint density at radius 2 is 1.53 bits per heavy atom. The standard InChI is InChI=1S/C27H25BrN4O2/c1-19(30-15-17-31(18-16-30)26(33)20-7-3-2-4-8-20)25-29-24-10-6-5-9-23(24)27(34)32(25)22-13-11-21(28)12-14-22/h2-14,19H,15-18H2,1H3. The molecule has 0 bridgehead atoms. The van der Waals surface area contributed by atoms with Crippen molar-refractivity contribution in [1.29, 1.82) is 0 Å². The molecule has 0 N–H and O–H groups in total. The van der Waals surface area contributed by atoms with Gasteiger partial charge in [0.2, 0.25) is 0 Å². The van der Waals surface area contributed by atoms with E-state index in [4.69, 9.17) is 4.98 Å². The van der Waals surface area contributed by atoms with Gasteiger partial charge in [0.1, 0.15) is 5.82 Å². The molecule has 3 aromatic carbocycles. The van der Waals surface area contributed by atoms with Crippen LogP contribution in [0, 0.1) is 0 Å². The molecule has 1 aliphatic heterocycles. The van der Waals surface area contributed by atoms with Crippen molar-refractivity contribution < 1.29 is 4.79 Å². The smallest absolute Gasteiger partial charge is 0.266 e. The summed E-state index contributed by atoms with van der Waals surface area (Å²) < 4.78 is 2.67. The number of para-hydroxylation sites is 1. The lowest BCUT2D eigenvalue weighted by molar-refractivity contribution is 0.0573. The van der Waals surface area contributed by atoms with Crippen molar-refractivity contribution >= 4 is 32.7 Å². The summed E-state index contributed by atoms with van der Waals surface area (Å²) in [5.41, 5.74) is 2.11. The fourth-order valence-electron chi connectivity index (χ4n) is 4.51. The molecule has 1 atom stereocenters. The fraction of sp³-hybridized carbons (Fsp3) is 0.222. The van der Waals surface area contributed by atoms with Gasteiger partial charge in [-0.15, -0.1) is 0 Å². The third kappa shape index (κ3) is 4.29. The molecule has 5 rings (SSSR count). The van der Waals surface area contributed by atoms with Crippen molar-refractivity contribution in [3.05, 3.63) is 105 Å². The molecule has 1 fully saturated rings. The predicted molar refractivity (Wildman–Crippen MR) is 137 cm³/mol. The number of carbonyl (C=O) groups is 1. The fourth-order valence-corrected chi connectivity index (χ4v) is 4.77. The SMILES string of the molecule is CC(c1nc2ccccc2c(=O)n1-c1ccc(Br)cc1)N1CCN(C(=O)c2ccccc2)CC1. The lowest BCUT2D eigenvalue weighted by Gasteiger charge is -2.38. The molecule has 1 amide bonds. The van der Waals surface area contributed by atoms with Crippen molar-refractivity contribution in [2.45, 2.75) is 13.0 Å². The normalized spacial score (nSPS) is 15.4. The van der Waals surface area contributed by atoms with Crippen LogP contribution in [0.5, 0.6) is 0 Å². The first-order chi connectivity index (χ1) is 16.5. The molecule has 2 heterocycles. The topological polar surface area (TPSA) is 58.4 Å². The highest BCUT2D eigenvalue weighted by molar-refractivity contribution is 9.10. The Morgan fingerprint density at radius 1 is 0.882 bits per heavy atom. The molecule has 0 saturated carbocycles. The molecule has 6 nitrogen and oxygen atoms in total. The number of rotatable bonds is 4. The minimum Gasteiger partial charge on any atom is -0.336 e. The number of piperazine rings is 1. The minimum atomic E-state index is -0.102. The van der Waals surface area contributed by atoms with Gasteiger partial charge >= 0.3 is 0 Å². The van der Waals surface area contributed by atoms with Gasteiger partial charge in [0.05, 0.1) is 22.6 Å². The van der Waals surface area contributed by atoms with E-state index in [-0.39, 0.29) is 17.5 Å². The Morgan fingerprint density at radius 3 is 2.24 bits per heavy atom. The summed E-state index contributed by atoms with van der Waals surface area (Å²) >= 11 is 3.48. The Hall–Kier alpha value is -3.29. The summed E-state index contributed by atoms with van der Waals surface area (Å²) in [5.74, 6) is 0.761. The van der Waals surface area contributed by atoms with Gasteiger partial charge in [0, 0.05) is 36.2 Å². The highest BCUT2D eigenvalue weighted by atomic mass is 79.9. The second-order valence-corrected chi connectivity index (χ2v) is 9.39. The van der Waals surface area contributed by atoms with Crippen molar-refractivity contribution in [3.8, 4) is 5.69 Å². The maximum Gasteiger partial charge on any atom is 0.266 e. The van der Waals surface area contributed by atoms with Crippen LogP contribution in [0.15, 0.2) is 88.1 Å². The number of amides is 1. The quantitative estimate of drug-likeness (QED) is 0.395. The molecule has 0 aliphatic carbocycles. The molecule has 1 saturated heterocycles. The highest BCUT2D eigenvalue weighted by Crippen LogP contribution is 2.25. The van der Waals surface area contributed by atoms with E-state index < -0.39 is 0 Å². The van der Waals surface area contributed by atoms with E-state index in [0.717, 1.165) is 10.2 Å². The second-order valence-electron chi connectivity index (χ2n) is 8.47. The molecule has 1 unspecified atom stereocenters. The Labute approximate surface area is 206 Å². The van der Waals surface area contributed by atoms with Crippen molar-refractivity contribution in [2.75, 3.05) is 26.2 Å². The monoisotopic (exact) mass is 516 g/mol. The number of benzene rings is 3. The van der Waals surface area contributed by atoms with Crippen molar-refractivity contribution in [3.63, 3.8) is 0 Å². The molecule has 34 heavy (non-hydrogen) atoms. The van der Waals surface area contributed by atoms with Crippen LogP contribution < -0.4 is 5.56 Å². The van der Waals surface area contributed by atoms with Crippen molar-refractivity contribution in [1.82, 2.24) is 19.4 Å². The van der Waals surface area contributed by atoms with E-state index in [2.05, 4.69) is 27.8 Å². The number of hydrogen-bond acceptors (Lipinski definition) is 4. The summed E-state index contributed by atoms with van der Waals surface area (Å²) in [6, 6.07) is 24.5. The number of halogens is 1. The molecule has 1 aromatic heterocycles. The minimum absolute atomic E-state index is 0.0588. The molecule has 0 radical (unpaired) electrons. The molecular formula is C27H25BrN4O2. The summed E-state index contributed by atoms with van der Waals surface area (Å²) in [5, 5.41) is 0.597. The molecule has 1 aliphatic rings. The third-order valence-corrected chi connectivity index (χ3v) is 6.96. The van der Waals surface area contributed by atoms with E-state index in [1.165, 1.54) is 0 Å². The second kappa shape index (κ2) is 9.52. The number of hydrogen-bond donors (Lipinski definition) is 0. The maximum absolute atomic E-state index is 13.6. The number of nitrogens with zero attached hydrogens (tertiary/aromatic N) is 4. The first-order valence-corrected chi connectivity index (χ1v) is 12.2. The van der Waals surface area contributed by atoms with E-state index in [1.807, 2.05) is 83.8 Å². The van der Waals surface area contributed by atoms with Crippen LogP contribution >= 0.6 is 15.9 Å². The maximum atomic E-state index is 13.6. The predicted octanol–water partition coefficient (Wildman–Crippen LogP) is 4.67. The van der Waals surface area contributed by atoms with Gasteiger partial charge in [-0.3, -0.25) is 19.1 Å². The number of aromatic nitrogens is 2. The summed E-state index contributed by atoms with van der Waals surface area (Å²) in [6.07, 6.45) is 0. The van der Waals surface area contributed by atoms with Crippen LogP contribution in [-0.2, 0) is 0 Å². The van der Waals surface area contributed by atoms with Crippen LogP contribution in [0.25, 0.3) is 16.6 Å². The number of carbonyl (C=O) groups excluding carboxylic acids is 1. The average molecular weight is 517 g/mol. The summed E-state index contributed by atoms with van der Waals surface area (Å²) in [6.45, 7) is 4.77. The Balaban J connectivity index is 1.46. The Kier molecular flexibility index (Phi) is 6.30. The lowest BCUT2D eigenvalue weighted by Crippen LogP contribution is -2.50. The zero-order valence-electron chi connectivity index (χ0n) is 18.9. The van der Waals surface area contributed by atoms with Gasteiger partial charge in [-0.05, 0) is 55.5 Å². The molecule has 7 heteroatoms. The zero-order valence-corrected chi connectivity index (χ0v) is 20.5. The first-order valence-electron chi connectivity index (χ1n) is 11.4. The number of fused-ring (bicyclic) bond motifs is 1. The van der Waals surface area contributed by atoms with Gasteiger partial charge < -0.3 is 4.90 Å². The van der Waals surface area contributed by atoms with E-state index in [1.54, 1.807) is 4.57 Å². The average Bonchev–Trinajstić information content (AvgIpc) is 2.89. The van der Waals surface area contributed by atoms with E-state index >= 15 is 0 Å². The molecule has 4 aromatic rings. The van der Waals surface area contributed by atoms with Gasteiger partial charge in [-0.25, -0.2) is 4.98 Å². The summed E-state index contributed by atoms with van der Waals surface area (Å²) in [4.78, 5) is 35.5. The molecule has 0 spiro atoms. The van der Waals surface area contributed by atoms with Gasteiger partial charge in [0.25, 0.3) is 11.5 Å². The lowest BCUT2D eigenvalue weighted by atomic mass is 10.1. The molecule has 172 valence electrons. The summed E-state index contributed by atoms with van der Waals surface area (Å²) in [7, 11) is 0. The zero-order chi connectivity index (χ0) is 23.7.